The quantitative estimate of drug-likeness (QED) is 0.373. The van der Waals surface area contributed by atoms with Crippen LogP contribution in [0.2, 0.25) is 5.28 Å². The molecule has 2 aromatic heterocycles. The largest absolute Gasteiger partial charge is 0.507 e. The number of ketones is 2. The SMILES string of the molecule is CC(=O)c1c(O)c(C)c(O)c2c1OC1=Cc3c(c(C)nn3-c3nc(Cl)nn3Cc3ccccc3)C(=O)[C@@]12C. The van der Waals surface area contributed by atoms with E-state index in [1.54, 1.807) is 24.6 Å². The van der Waals surface area contributed by atoms with E-state index in [1.807, 2.05) is 30.3 Å². The number of carbonyl (C=O) groups is 2. The number of phenolic OH excluding ortho intramolecular Hbond substituents is 2. The minimum atomic E-state index is -1.44. The summed E-state index contributed by atoms with van der Waals surface area (Å²) < 4.78 is 9.14. The molecular formula is C27H22ClN5O5. The van der Waals surface area contributed by atoms with Gasteiger partial charge in [0.15, 0.2) is 11.6 Å². The molecule has 3 heterocycles. The highest BCUT2D eigenvalue weighted by Gasteiger charge is 2.55. The highest BCUT2D eigenvalue weighted by molar-refractivity contribution is 6.28. The van der Waals surface area contributed by atoms with Gasteiger partial charge in [-0.25, -0.2) is 4.68 Å². The van der Waals surface area contributed by atoms with Crippen LogP contribution in [0.5, 0.6) is 17.2 Å². The Balaban J connectivity index is 1.55. The molecule has 6 rings (SSSR count). The third-order valence-electron chi connectivity index (χ3n) is 7.23. The van der Waals surface area contributed by atoms with Gasteiger partial charge in [-0.3, -0.25) is 9.59 Å². The van der Waals surface area contributed by atoms with E-state index in [9.17, 15) is 19.8 Å². The Morgan fingerprint density at radius 2 is 1.84 bits per heavy atom. The fourth-order valence-corrected chi connectivity index (χ4v) is 5.43. The molecule has 0 radical (unpaired) electrons. The molecule has 0 fully saturated rings. The van der Waals surface area contributed by atoms with Crippen molar-refractivity contribution in [3.8, 4) is 23.2 Å². The number of ether oxygens (including phenoxy) is 1. The van der Waals surface area contributed by atoms with Crippen molar-refractivity contribution in [3.05, 3.63) is 80.6 Å². The van der Waals surface area contributed by atoms with Crippen molar-refractivity contribution in [1.29, 1.82) is 0 Å². The molecule has 2 aromatic carbocycles. The lowest BCUT2D eigenvalue weighted by Crippen LogP contribution is -2.36. The maximum atomic E-state index is 14.2. The second-order valence-electron chi connectivity index (χ2n) is 9.60. The minimum Gasteiger partial charge on any atom is -0.507 e. The van der Waals surface area contributed by atoms with Crippen molar-refractivity contribution in [2.24, 2.45) is 0 Å². The highest BCUT2D eigenvalue weighted by Crippen LogP contribution is 2.58. The van der Waals surface area contributed by atoms with Gasteiger partial charge in [-0.15, -0.1) is 5.10 Å². The first-order valence-electron chi connectivity index (χ1n) is 11.8. The lowest BCUT2D eigenvalue weighted by atomic mass is 9.71. The molecule has 0 spiro atoms. The minimum absolute atomic E-state index is 0.0176. The van der Waals surface area contributed by atoms with E-state index < -0.39 is 11.2 Å². The van der Waals surface area contributed by atoms with Crippen LogP contribution in [0, 0.1) is 13.8 Å². The van der Waals surface area contributed by atoms with Gasteiger partial charge in [0.25, 0.3) is 5.95 Å². The molecule has 1 atom stereocenters. The molecule has 192 valence electrons. The summed E-state index contributed by atoms with van der Waals surface area (Å²) in [5.74, 6) is -1.06. The van der Waals surface area contributed by atoms with E-state index in [4.69, 9.17) is 16.3 Å². The van der Waals surface area contributed by atoms with E-state index >= 15 is 0 Å². The second kappa shape index (κ2) is 8.03. The second-order valence-corrected chi connectivity index (χ2v) is 9.94. The predicted octanol–water partition coefficient (Wildman–Crippen LogP) is 4.28. The maximum Gasteiger partial charge on any atom is 0.251 e. The van der Waals surface area contributed by atoms with Crippen LogP contribution in [0.4, 0.5) is 0 Å². The zero-order chi connectivity index (χ0) is 27.1. The summed E-state index contributed by atoms with van der Waals surface area (Å²) in [4.78, 5) is 31.0. The van der Waals surface area contributed by atoms with Gasteiger partial charge in [-0.05, 0) is 44.9 Å². The first kappa shape index (κ1) is 23.9. The molecule has 0 bridgehead atoms. The maximum absolute atomic E-state index is 14.2. The summed E-state index contributed by atoms with van der Waals surface area (Å²) in [6.07, 6.45) is 1.64. The van der Waals surface area contributed by atoms with Crippen molar-refractivity contribution in [3.63, 3.8) is 0 Å². The molecular weight excluding hydrogens is 510 g/mol. The van der Waals surface area contributed by atoms with E-state index in [0.717, 1.165) is 5.56 Å². The Labute approximate surface area is 221 Å². The number of carbonyl (C=O) groups excluding carboxylic acids is 2. The number of aromatic hydroxyl groups is 2. The highest BCUT2D eigenvalue weighted by atomic mass is 35.5. The zero-order valence-corrected chi connectivity index (χ0v) is 21.7. The van der Waals surface area contributed by atoms with Crippen molar-refractivity contribution < 1.29 is 24.5 Å². The van der Waals surface area contributed by atoms with Gasteiger partial charge in [-0.2, -0.15) is 14.8 Å². The van der Waals surface area contributed by atoms with Crippen molar-refractivity contribution >= 4 is 29.2 Å². The molecule has 10 nitrogen and oxygen atoms in total. The van der Waals surface area contributed by atoms with Crippen LogP contribution in [0.15, 0.2) is 36.1 Å². The standard InChI is InChI=1S/C27H22ClN5O5/c1-12-21(35)19(14(3)34)23-20(22(12)36)27(4)17(38-23)10-16-18(24(27)37)13(2)30-33(16)26-29-25(28)31-32(26)11-15-8-6-5-7-9-15/h5-10,35-36H,11H2,1-4H3/t27-/m0/s1. The number of nitrogens with zero attached hydrogens (tertiary/aromatic N) is 5. The molecule has 38 heavy (non-hydrogen) atoms. The fourth-order valence-electron chi connectivity index (χ4n) is 5.27. The Bertz CT molecular complexity index is 1740. The van der Waals surface area contributed by atoms with Gasteiger partial charge in [0.1, 0.15) is 34.0 Å². The Morgan fingerprint density at radius 1 is 1.13 bits per heavy atom. The summed E-state index contributed by atoms with van der Waals surface area (Å²) >= 11 is 6.19. The summed E-state index contributed by atoms with van der Waals surface area (Å²) in [5.41, 5.74) is 0.814. The third kappa shape index (κ3) is 3.10. The molecule has 1 aliphatic heterocycles. The smallest absolute Gasteiger partial charge is 0.251 e. The van der Waals surface area contributed by atoms with E-state index in [-0.39, 0.29) is 50.8 Å². The average molecular weight is 532 g/mol. The fraction of sp³-hybridized carbons (Fsp3) is 0.222. The molecule has 2 N–H and O–H groups in total. The molecule has 4 aromatic rings. The predicted molar refractivity (Wildman–Crippen MR) is 137 cm³/mol. The number of aromatic nitrogens is 5. The van der Waals surface area contributed by atoms with Gasteiger partial charge in [0.2, 0.25) is 5.28 Å². The number of Topliss-reactive ketones (excluding diaryl/α,β-unsaturated/α-hetero) is 2. The number of fused-ring (bicyclic) bond motifs is 4. The van der Waals surface area contributed by atoms with E-state index in [0.29, 0.717) is 29.4 Å². The molecule has 11 heteroatoms. The lowest BCUT2D eigenvalue weighted by molar-refractivity contribution is 0.0905. The Kier molecular flexibility index (Phi) is 5.06. The number of hydrogen-bond donors (Lipinski definition) is 2. The molecule has 1 aliphatic carbocycles. The van der Waals surface area contributed by atoms with Gasteiger partial charge < -0.3 is 14.9 Å². The number of phenols is 2. The summed E-state index contributed by atoms with van der Waals surface area (Å²) in [5, 5.41) is 30.6. The van der Waals surface area contributed by atoms with Crippen LogP contribution in [0.3, 0.4) is 0 Å². The van der Waals surface area contributed by atoms with Gasteiger partial charge in [0, 0.05) is 11.6 Å². The van der Waals surface area contributed by atoms with Crippen molar-refractivity contribution in [1.82, 2.24) is 24.5 Å². The topological polar surface area (TPSA) is 132 Å². The van der Waals surface area contributed by atoms with E-state index in [1.165, 1.54) is 18.5 Å². The van der Waals surface area contributed by atoms with Crippen molar-refractivity contribution in [2.75, 3.05) is 0 Å². The van der Waals surface area contributed by atoms with Crippen LogP contribution in [0.25, 0.3) is 12.0 Å². The Hall–Kier alpha value is -4.44. The summed E-state index contributed by atoms with van der Waals surface area (Å²) in [6, 6.07) is 9.63. The summed E-state index contributed by atoms with van der Waals surface area (Å²) in [7, 11) is 0. The zero-order valence-electron chi connectivity index (χ0n) is 20.9. The van der Waals surface area contributed by atoms with Crippen LogP contribution in [-0.4, -0.2) is 46.3 Å². The Morgan fingerprint density at radius 3 is 2.53 bits per heavy atom. The monoisotopic (exact) mass is 531 g/mol. The molecule has 2 aliphatic rings. The average Bonchev–Trinajstić information content (AvgIpc) is 3.49. The number of halogens is 1. The first-order chi connectivity index (χ1) is 18.0. The normalized spacial score (nSPS) is 17.5. The molecule has 0 amide bonds. The molecule has 0 unspecified atom stereocenters. The number of benzene rings is 2. The van der Waals surface area contributed by atoms with Crippen LogP contribution >= 0.6 is 11.6 Å². The molecule has 0 saturated heterocycles. The van der Waals surface area contributed by atoms with Crippen molar-refractivity contribution in [2.45, 2.75) is 39.7 Å². The number of hydrogen-bond acceptors (Lipinski definition) is 8. The number of rotatable bonds is 4. The number of aryl methyl sites for hydroxylation is 1. The van der Waals surface area contributed by atoms with Crippen LogP contribution < -0.4 is 4.74 Å². The lowest BCUT2D eigenvalue weighted by Gasteiger charge is -2.27. The van der Waals surface area contributed by atoms with Gasteiger partial charge >= 0.3 is 0 Å². The van der Waals surface area contributed by atoms with Gasteiger partial charge in [0.05, 0.1) is 29.1 Å². The molecule has 0 saturated carbocycles. The van der Waals surface area contributed by atoms with Crippen LogP contribution in [0.1, 0.15) is 62.6 Å². The van der Waals surface area contributed by atoms with Gasteiger partial charge in [-0.1, -0.05) is 30.3 Å². The first-order valence-corrected chi connectivity index (χ1v) is 12.2. The van der Waals surface area contributed by atoms with Crippen LogP contribution in [-0.2, 0) is 12.0 Å². The summed E-state index contributed by atoms with van der Waals surface area (Å²) in [6.45, 7) is 6.46. The number of allylic oxidation sites excluding steroid dienone is 1. The van der Waals surface area contributed by atoms with E-state index in [2.05, 4.69) is 15.2 Å². The third-order valence-corrected chi connectivity index (χ3v) is 7.39.